The molecule has 2 aromatic heterocycles. The van der Waals surface area contributed by atoms with Crippen LogP contribution in [0.15, 0.2) is 75.9 Å². The number of aromatic amines is 1. The molecule has 0 saturated carbocycles. The number of hydrogen-bond acceptors (Lipinski definition) is 5. The van der Waals surface area contributed by atoms with E-state index in [1.807, 2.05) is 73.0 Å². The quantitative estimate of drug-likeness (QED) is 0.396. The van der Waals surface area contributed by atoms with Crippen LogP contribution < -0.4 is 5.56 Å². The lowest BCUT2D eigenvalue weighted by Crippen LogP contribution is -2.26. The summed E-state index contributed by atoms with van der Waals surface area (Å²) in [7, 11) is 0. The summed E-state index contributed by atoms with van der Waals surface area (Å²) in [5.74, 6) is -1.42. The summed E-state index contributed by atoms with van der Waals surface area (Å²) in [4.78, 5) is 41.5. The number of carboxylic acids is 1. The van der Waals surface area contributed by atoms with Crippen LogP contribution in [0.3, 0.4) is 0 Å². The lowest BCUT2D eigenvalue weighted by molar-refractivity contribution is -0.141. The number of carbonyl (C=O) groups excluding carboxylic acids is 1. The highest BCUT2D eigenvalue weighted by Crippen LogP contribution is 2.38. The molecular weight excluding hydrogens is 462 g/mol. The summed E-state index contributed by atoms with van der Waals surface area (Å²) in [5, 5.41) is 17.9. The van der Waals surface area contributed by atoms with E-state index in [9.17, 15) is 14.4 Å². The molecule has 0 unspecified atom stereocenters. The van der Waals surface area contributed by atoms with Gasteiger partial charge in [-0.1, -0.05) is 48.0 Å². The molecule has 8 heteroatoms. The van der Waals surface area contributed by atoms with Gasteiger partial charge in [-0.05, 0) is 36.1 Å². The Morgan fingerprint density at radius 1 is 1.09 bits per heavy atom. The van der Waals surface area contributed by atoms with Crippen LogP contribution >= 0.6 is 11.3 Å². The van der Waals surface area contributed by atoms with Gasteiger partial charge in [0.1, 0.15) is 0 Å². The predicted molar refractivity (Wildman–Crippen MR) is 137 cm³/mol. The molecule has 1 aliphatic heterocycles. The van der Waals surface area contributed by atoms with Crippen molar-refractivity contribution in [3.8, 4) is 11.1 Å². The second-order valence-corrected chi connectivity index (χ2v) is 9.51. The molecule has 0 aliphatic carbocycles. The number of aromatic nitrogens is 1. The van der Waals surface area contributed by atoms with Gasteiger partial charge in [-0.15, -0.1) is 11.3 Å². The van der Waals surface area contributed by atoms with Crippen LogP contribution in [-0.4, -0.2) is 32.7 Å². The molecular formula is C27H23N3O4S. The molecule has 0 radical (unpaired) electrons. The zero-order valence-electron chi connectivity index (χ0n) is 19.0. The van der Waals surface area contributed by atoms with Crippen LogP contribution in [0.4, 0.5) is 0 Å². The molecule has 3 heterocycles. The Labute approximate surface area is 205 Å². The summed E-state index contributed by atoms with van der Waals surface area (Å²) in [6, 6.07) is 19.0. The fraction of sp³-hybridized carbons (Fsp3) is 0.185. The first-order chi connectivity index (χ1) is 16.9. The van der Waals surface area contributed by atoms with Gasteiger partial charge in [0.05, 0.1) is 23.7 Å². The minimum Gasteiger partial charge on any atom is -0.481 e. The average molecular weight is 486 g/mol. The van der Waals surface area contributed by atoms with Gasteiger partial charge in [-0.2, -0.15) is 5.10 Å². The molecule has 0 bridgehead atoms. The van der Waals surface area contributed by atoms with Crippen molar-refractivity contribution in [1.82, 2.24) is 9.99 Å². The van der Waals surface area contributed by atoms with Crippen molar-refractivity contribution >= 4 is 39.8 Å². The van der Waals surface area contributed by atoms with E-state index < -0.39 is 5.97 Å². The molecule has 5 rings (SSSR count). The zero-order valence-corrected chi connectivity index (χ0v) is 19.8. The second-order valence-electron chi connectivity index (χ2n) is 8.53. The molecule has 2 aromatic carbocycles. The van der Waals surface area contributed by atoms with E-state index in [0.717, 1.165) is 32.5 Å². The summed E-state index contributed by atoms with van der Waals surface area (Å²) in [5.41, 5.74) is 4.12. The minimum absolute atomic E-state index is 0.160. The molecule has 4 aromatic rings. The maximum Gasteiger partial charge on any atom is 0.303 e. The van der Waals surface area contributed by atoms with E-state index in [0.29, 0.717) is 17.7 Å². The first-order valence-electron chi connectivity index (χ1n) is 11.3. The maximum atomic E-state index is 13.5. The average Bonchev–Trinajstić information content (AvgIpc) is 3.53. The summed E-state index contributed by atoms with van der Waals surface area (Å²) in [6.45, 7) is 2.00. The first kappa shape index (κ1) is 22.7. The highest BCUT2D eigenvalue weighted by atomic mass is 32.1. The molecule has 176 valence electrons. The fourth-order valence-corrected chi connectivity index (χ4v) is 5.32. The summed E-state index contributed by atoms with van der Waals surface area (Å²) >= 11 is 1.50. The fourth-order valence-electron chi connectivity index (χ4n) is 4.51. The monoisotopic (exact) mass is 485 g/mol. The Morgan fingerprint density at radius 2 is 1.89 bits per heavy atom. The van der Waals surface area contributed by atoms with Gasteiger partial charge in [0, 0.05) is 34.2 Å². The molecule has 0 saturated heterocycles. The molecule has 35 heavy (non-hydrogen) atoms. The lowest BCUT2D eigenvalue weighted by atomic mass is 9.91. The Morgan fingerprint density at radius 3 is 2.60 bits per heavy atom. The van der Waals surface area contributed by atoms with Gasteiger partial charge in [0.2, 0.25) is 5.91 Å². The third kappa shape index (κ3) is 4.40. The molecule has 1 atom stereocenters. The Bertz CT molecular complexity index is 1510. The van der Waals surface area contributed by atoms with Gasteiger partial charge in [-0.25, -0.2) is 5.01 Å². The van der Waals surface area contributed by atoms with E-state index in [4.69, 9.17) is 5.11 Å². The van der Waals surface area contributed by atoms with E-state index in [1.54, 1.807) is 0 Å². The smallest absolute Gasteiger partial charge is 0.303 e. The third-order valence-corrected chi connectivity index (χ3v) is 7.08. The van der Waals surface area contributed by atoms with Gasteiger partial charge < -0.3 is 10.1 Å². The molecule has 2 N–H and O–H groups in total. The SMILES string of the molecule is Cc1ccc2[nH]c(=O)c(C3=NN(C(=O)CCC(=O)O)[C@H](c4cccs4)C3)c(-c3ccccc3)c2c1. The number of hydrazone groups is 1. The molecule has 7 nitrogen and oxygen atoms in total. The normalized spacial score (nSPS) is 15.4. The van der Waals surface area contributed by atoms with Gasteiger partial charge in [0.25, 0.3) is 5.56 Å². The van der Waals surface area contributed by atoms with Crippen LogP contribution in [0.25, 0.3) is 22.0 Å². The minimum atomic E-state index is -1.04. The van der Waals surface area contributed by atoms with Gasteiger partial charge >= 0.3 is 5.97 Å². The van der Waals surface area contributed by atoms with E-state index in [-0.39, 0.29) is 30.3 Å². The van der Waals surface area contributed by atoms with Crippen molar-refractivity contribution < 1.29 is 14.7 Å². The molecule has 0 spiro atoms. The lowest BCUT2D eigenvalue weighted by Gasteiger charge is -2.20. The molecule has 1 amide bonds. The van der Waals surface area contributed by atoms with Crippen molar-refractivity contribution in [3.63, 3.8) is 0 Å². The van der Waals surface area contributed by atoms with Crippen LogP contribution in [0.1, 0.15) is 41.3 Å². The predicted octanol–water partition coefficient (Wildman–Crippen LogP) is 5.11. The highest BCUT2D eigenvalue weighted by molar-refractivity contribution is 7.10. The second kappa shape index (κ2) is 9.31. The van der Waals surface area contributed by atoms with Crippen molar-refractivity contribution in [1.29, 1.82) is 0 Å². The van der Waals surface area contributed by atoms with E-state index >= 15 is 0 Å². The number of carboxylic acid groups (broad SMARTS) is 1. The number of carbonyl (C=O) groups is 2. The number of nitrogens with zero attached hydrogens (tertiary/aromatic N) is 2. The number of aryl methyl sites for hydroxylation is 1. The van der Waals surface area contributed by atoms with Crippen LogP contribution in [-0.2, 0) is 9.59 Å². The standard InChI is InChI=1S/C27H23N3O4S/c1-16-9-10-19-18(14-16)25(17-6-3-2-4-7-17)26(27(34)28-19)20-15-21(22-8-5-13-35-22)30(29-20)23(31)11-12-24(32)33/h2-10,13-14,21H,11-12,15H2,1H3,(H,28,34)(H,32,33)/t21-/m0/s1. The van der Waals surface area contributed by atoms with Crippen molar-refractivity contribution in [2.75, 3.05) is 0 Å². The number of rotatable bonds is 6. The van der Waals surface area contributed by atoms with Gasteiger partial charge in [-0.3, -0.25) is 14.4 Å². The zero-order chi connectivity index (χ0) is 24.5. The molecule has 0 fully saturated rings. The van der Waals surface area contributed by atoms with E-state index in [1.165, 1.54) is 16.3 Å². The van der Waals surface area contributed by atoms with Crippen LogP contribution in [0, 0.1) is 6.92 Å². The number of fused-ring (bicyclic) bond motifs is 1. The number of nitrogens with one attached hydrogen (secondary N) is 1. The Hall–Kier alpha value is -4.04. The largest absolute Gasteiger partial charge is 0.481 e. The Balaban J connectivity index is 1.70. The summed E-state index contributed by atoms with van der Waals surface area (Å²) < 4.78 is 0. The van der Waals surface area contributed by atoms with Crippen LogP contribution in [0.2, 0.25) is 0 Å². The Kier molecular flexibility index (Phi) is 6.05. The topological polar surface area (TPSA) is 103 Å². The number of thiophene rings is 1. The molecule has 1 aliphatic rings. The third-order valence-electron chi connectivity index (χ3n) is 6.11. The highest BCUT2D eigenvalue weighted by Gasteiger charge is 2.35. The first-order valence-corrected chi connectivity index (χ1v) is 12.2. The van der Waals surface area contributed by atoms with Crippen molar-refractivity contribution in [2.24, 2.45) is 5.10 Å². The van der Waals surface area contributed by atoms with Crippen molar-refractivity contribution in [2.45, 2.75) is 32.2 Å². The maximum absolute atomic E-state index is 13.5. The van der Waals surface area contributed by atoms with Crippen molar-refractivity contribution in [3.05, 3.63) is 92.4 Å². The number of amides is 1. The number of H-pyrrole nitrogens is 1. The van der Waals surface area contributed by atoms with Gasteiger partial charge in [0.15, 0.2) is 0 Å². The van der Waals surface area contributed by atoms with E-state index in [2.05, 4.69) is 10.1 Å². The number of benzene rings is 2. The number of pyridine rings is 1. The van der Waals surface area contributed by atoms with Crippen LogP contribution in [0.5, 0.6) is 0 Å². The number of aliphatic carboxylic acids is 1. The number of hydrogen-bond donors (Lipinski definition) is 2. The summed E-state index contributed by atoms with van der Waals surface area (Å²) in [6.07, 6.45) is -0.0746.